The number of carbonyl (C=O) groups is 1. The monoisotopic (exact) mass is 229 g/mol. The van der Waals surface area contributed by atoms with Crippen molar-refractivity contribution < 1.29 is 9.90 Å². The van der Waals surface area contributed by atoms with Crippen molar-refractivity contribution in [1.82, 2.24) is 15.0 Å². The van der Waals surface area contributed by atoms with Crippen molar-refractivity contribution in [2.24, 2.45) is 0 Å². The molecule has 0 radical (unpaired) electrons. The summed E-state index contributed by atoms with van der Waals surface area (Å²) < 4.78 is 0. The SMILES string of the molecule is O=C(O)CC(c1ccncc1)c1ccncn1. The molecule has 0 aromatic carbocycles. The molecule has 0 saturated heterocycles. The fourth-order valence-corrected chi connectivity index (χ4v) is 1.67. The number of carboxylic acid groups (broad SMARTS) is 1. The first-order valence-corrected chi connectivity index (χ1v) is 5.15. The average Bonchev–Trinajstić information content (AvgIpc) is 2.38. The van der Waals surface area contributed by atoms with Crippen LogP contribution < -0.4 is 0 Å². The van der Waals surface area contributed by atoms with Gasteiger partial charge in [0.25, 0.3) is 0 Å². The number of aromatic nitrogens is 3. The Labute approximate surface area is 98.2 Å². The quantitative estimate of drug-likeness (QED) is 0.859. The Kier molecular flexibility index (Phi) is 3.40. The molecule has 1 atom stereocenters. The van der Waals surface area contributed by atoms with E-state index in [9.17, 15) is 4.79 Å². The molecule has 86 valence electrons. The van der Waals surface area contributed by atoms with Crippen LogP contribution in [0.5, 0.6) is 0 Å². The highest BCUT2D eigenvalue weighted by atomic mass is 16.4. The molecule has 0 fully saturated rings. The van der Waals surface area contributed by atoms with Gasteiger partial charge in [-0.05, 0) is 23.8 Å². The van der Waals surface area contributed by atoms with E-state index in [1.54, 1.807) is 36.8 Å². The minimum atomic E-state index is -0.856. The Balaban J connectivity index is 2.36. The van der Waals surface area contributed by atoms with Gasteiger partial charge < -0.3 is 5.11 Å². The summed E-state index contributed by atoms with van der Waals surface area (Å²) in [5.41, 5.74) is 1.59. The third kappa shape index (κ3) is 2.84. The second-order valence-electron chi connectivity index (χ2n) is 3.57. The second kappa shape index (κ2) is 5.16. The van der Waals surface area contributed by atoms with E-state index in [1.807, 2.05) is 0 Å². The molecule has 0 spiro atoms. The maximum Gasteiger partial charge on any atom is 0.304 e. The number of carboxylic acids is 1. The summed E-state index contributed by atoms with van der Waals surface area (Å²) in [6, 6.07) is 5.33. The number of hydrogen-bond donors (Lipinski definition) is 1. The van der Waals surface area contributed by atoms with Crippen LogP contribution in [0.25, 0.3) is 0 Å². The van der Waals surface area contributed by atoms with Gasteiger partial charge in [0.05, 0.1) is 12.1 Å². The summed E-state index contributed by atoms with van der Waals surface area (Å²) in [5.74, 6) is -1.12. The lowest BCUT2D eigenvalue weighted by Crippen LogP contribution is -2.09. The summed E-state index contributed by atoms with van der Waals surface area (Å²) in [5, 5.41) is 8.95. The van der Waals surface area contributed by atoms with Gasteiger partial charge in [-0.3, -0.25) is 9.78 Å². The van der Waals surface area contributed by atoms with E-state index in [0.29, 0.717) is 5.69 Å². The maximum absolute atomic E-state index is 10.9. The first kappa shape index (κ1) is 11.2. The van der Waals surface area contributed by atoms with Crippen LogP contribution in [0, 0.1) is 0 Å². The average molecular weight is 229 g/mol. The van der Waals surface area contributed by atoms with Crippen molar-refractivity contribution in [2.75, 3.05) is 0 Å². The molecule has 17 heavy (non-hydrogen) atoms. The summed E-state index contributed by atoms with van der Waals surface area (Å²) in [7, 11) is 0. The zero-order valence-electron chi connectivity index (χ0n) is 9.02. The van der Waals surface area contributed by atoms with E-state index in [2.05, 4.69) is 15.0 Å². The highest BCUT2D eigenvalue weighted by molar-refractivity contribution is 5.68. The van der Waals surface area contributed by atoms with Gasteiger partial charge in [0.2, 0.25) is 0 Å². The van der Waals surface area contributed by atoms with Gasteiger partial charge in [-0.2, -0.15) is 0 Å². The Morgan fingerprint density at radius 3 is 2.47 bits per heavy atom. The van der Waals surface area contributed by atoms with Crippen molar-refractivity contribution >= 4 is 5.97 Å². The second-order valence-corrected chi connectivity index (χ2v) is 3.57. The predicted molar refractivity (Wildman–Crippen MR) is 60.4 cm³/mol. The molecule has 2 aromatic rings. The summed E-state index contributed by atoms with van der Waals surface area (Å²) in [6.07, 6.45) is 6.32. The van der Waals surface area contributed by atoms with Gasteiger partial charge in [0.15, 0.2) is 0 Å². The predicted octanol–water partition coefficient (Wildman–Crippen LogP) is 1.48. The van der Waals surface area contributed by atoms with Crippen LogP contribution in [0.1, 0.15) is 23.6 Å². The molecule has 5 nitrogen and oxygen atoms in total. The van der Waals surface area contributed by atoms with Crippen LogP contribution in [0.15, 0.2) is 43.1 Å². The van der Waals surface area contributed by atoms with Gasteiger partial charge in [0, 0.05) is 24.5 Å². The molecule has 1 N–H and O–H groups in total. The molecular formula is C12H11N3O2. The molecule has 2 rings (SSSR count). The van der Waals surface area contributed by atoms with Gasteiger partial charge in [-0.15, -0.1) is 0 Å². The lowest BCUT2D eigenvalue weighted by atomic mass is 9.93. The minimum Gasteiger partial charge on any atom is -0.481 e. The van der Waals surface area contributed by atoms with E-state index in [0.717, 1.165) is 5.56 Å². The van der Waals surface area contributed by atoms with Crippen LogP contribution >= 0.6 is 0 Å². The normalized spacial score (nSPS) is 12.0. The summed E-state index contributed by atoms with van der Waals surface area (Å²) >= 11 is 0. The smallest absolute Gasteiger partial charge is 0.304 e. The van der Waals surface area contributed by atoms with Crippen molar-refractivity contribution in [1.29, 1.82) is 0 Å². The molecule has 0 saturated carbocycles. The standard InChI is InChI=1S/C12H11N3O2/c16-12(17)7-10(9-1-4-13-5-2-9)11-3-6-14-8-15-11/h1-6,8,10H,7H2,(H,16,17). The van der Waals surface area contributed by atoms with Crippen molar-refractivity contribution in [3.8, 4) is 0 Å². The molecule has 2 aromatic heterocycles. The highest BCUT2D eigenvalue weighted by Gasteiger charge is 2.18. The lowest BCUT2D eigenvalue weighted by Gasteiger charge is -2.13. The van der Waals surface area contributed by atoms with E-state index in [4.69, 9.17) is 5.11 Å². The molecule has 0 bridgehead atoms. The van der Waals surface area contributed by atoms with E-state index in [1.165, 1.54) is 6.33 Å². The molecule has 5 heteroatoms. The largest absolute Gasteiger partial charge is 0.481 e. The molecular weight excluding hydrogens is 218 g/mol. The molecule has 0 aliphatic rings. The van der Waals surface area contributed by atoms with Crippen LogP contribution in [0.3, 0.4) is 0 Å². The number of pyridine rings is 1. The van der Waals surface area contributed by atoms with Crippen LogP contribution in [0.2, 0.25) is 0 Å². The van der Waals surface area contributed by atoms with Gasteiger partial charge >= 0.3 is 5.97 Å². The van der Waals surface area contributed by atoms with Crippen molar-refractivity contribution in [3.63, 3.8) is 0 Å². The van der Waals surface area contributed by atoms with E-state index in [-0.39, 0.29) is 12.3 Å². The molecule has 0 aliphatic carbocycles. The summed E-state index contributed by atoms with van der Waals surface area (Å²) in [6.45, 7) is 0. The lowest BCUT2D eigenvalue weighted by molar-refractivity contribution is -0.137. The van der Waals surface area contributed by atoms with E-state index >= 15 is 0 Å². The Hall–Kier alpha value is -2.30. The highest BCUT2D eigenvalue weighted by Crippen LogP contribution is 2.25. The zero-order chi connectivity index (χ0) is 12.1. The number of hydrogen-bond acceptors (Lipinski definition) is 4. The van der Waals surface area contributed by atoms with Crippen LogP contribution in [-0.4, -0.2) is 26.0 Å². The van der Waals surface area contributed by atoms with Gasteiger partial charge in [-0.1, -0.05) is 0 Å². The van der Waals surface area contributed by atoms with Crippen LogP contribution in [0.4, 0.5) is 0 Å². The Morgan fingerprint density at radius 2 is 1.88 bits per heavy atom. The van der Waals surface area contributed by atoms with Crippen LogP contribution in [-0.2, 0) is 4.79 Å². The fourth-order valence-electron chi connectivity index (χ4n) is 1.67. The maximum atomic E-state index is 10.9. The third-order valence-corrected chi connectivity index (χ3v) is 2.45. The zero-order valence-corrected chi connectivity index (χ0v) is 9.02. The fraction of sp³-hybridized carbons (Fsp3) is 0.167. The Bertz CT molecular complexity index is 448. The number of aliphatic carboxylic acids is 1. The van der Waals surface area contributed by atoms with Gasteiger partial charge in [-0.25, -0.2) is 9.97 Å². The first-order valence-electron chi connectivity index (χ1n) is 5.15. The molecule has 1 unspecified atom stereocenters. The molecule has 0 aliphatic heterocycles. The number of rotatable bonds is 4. The topological polar surface area (TPSA) is 76.0 Å². The van der Waals surface area contributed by atoms with Crippen molar-refractivity contribution in [2.45, 2.75) is 12.3 Å². The third-order valence-electron chi connectivity index (χ3n) is 2.45. The summed E-state index contributed by atoms with van der Waals surface area (Å²) in [4.78, 5) is 22.8. The minimum absolute atomic E-state index is 0.00102. The van der Waals surface area contributed by atoms with Gasteiger partial charge in [0.1, 0.15) is 6.33 Å². The van der Waals surface area contributed by atoms with Crippen molar-refractivity contribution in [3.05, 3.63) is 54.4 Å². The molecule has 0 amide bonds. The van der Waals surface area contributed by atoms with E-state index < -0.39 is 5.97 Å². The first-order chi connectivity index (χ1) is 8.27. The number of nitrogens with zero attached hydrogens (tertiary/aromatic N) is 3. The molecule has 2 heterocycles. The Morgan fingerprint density at radius 1 is 1.18 bits per heavy atom.